The first-order chi connectivity index (χ1) is 8.19. The molecule has 0 bridgehead atoms. The molecule has 1 heterocycles. The monoisotopic (exact) mass is 235 g/mol. The van der Waals surface area contributed by atoms with Crippen molar-refractivity contribution in [1.82, 2.24) is 9.97 Å². The molecule has 0 aliphatic heterocycles. The Kier molecular flexibility index (Phi) is 5.46. The Hall–Kier alpha value is -1.58. The van der Waals surface area contributed by atoms with Crippen molar-refractivity contribution in [3.05, 3.63) is 24.0 Å². The Bertz CT molecular complexity index is 377. The summed E-state index contributed by atoms with van der Waals surface area (Å²) in [5.74, 6) is 1.55. The zero-order valence-electron chi connectivity index (χ0n) is 10.9. The molecule has 0 fully saturated rings. The summed E-state index contributed by atoms with van der Waals surface area (Å²) in [6.45, 7) is 11.4. The molecule has 4 nitrogen and oxygen atoms in total. The van der Waals surface area contributed by atoms with E-state index in [1.807, 2.05) is 13.8 Å². The van der Waals surface area contributed by atoms with Gasteiger partial charge in [0.15, 0.2) is 0 Å². The van der Waals surface area contributed by atoms with Crippen molar-refractivity contribution in [1.29, 1.82) is 0 Å². The molecule has 1 rings (SSSR count). The number of nitrogens with one attached hydrogen (secondary N) is 1. The highest BCUT2D eigenvalue weighted by atomic mass is 16.5. The van der Waals surface area contributed by atoms with Gasteiger partial charge < -0.3 is 10.1 Å². The Morgan fingerprint density at radius 2 is 2.18 bits per heavy atom. The fraction of sp³-hybridized carbons (Fsp3) is 0.538. The van der Waals surface area contributed by atoms with Gasteiger partial charge in [-0.3, -0.25) is 0 Å². The number of aromatic nitrogens is 2. The van der Waals surface area contributed by atoms with Crippen LogP contribution in [0.1, 0.15) is 32.8 Å². The third-order valence-electron chi connectivity index (χ3n) is 2.37. The van der Waals surface area contributed by atoms with Crippen LogP contribution < -0.4 is 10.1 Å². The molecule has 0 spiro atoms. The smallest absolute Gasteiger partial charge is 0.221 e. The highest BCUT2D eigenvalue weighted by molar-refractivity contribution is 5.48. The first-order valence-corrected chi connectivity index (χ1v) is 6.03. The van der Waals surface area contributed by atoms with Gasteiger partial charge >= 0.3 is 0 Å². The summed E-state index contributed by atoms with van der Waals surface area (Å²) in [6, 6.07) is 0. The molecule has 0 saturated heterocycles. The predicted molar refractivity (Wildman–Crippen MR) is 70.5 cm³/mol. The van der Waals surface area contributed by atoms with Gasteiger partial charge in [0, 0.05) is 13.0 Å². The maximum Gasteiger partial charge on any atom is 0.221 e. The third kappa shape index (κ3) is 4.06. The average Bonchev–Trinajstić information content (AvgIpc) is 2.29. The van der Waals surface area contributed by atoms with Gasteiger partial charge in [-0.05, 0) is 20.3 Å². The van der Waals surface area contributed by atoms with Crippen molar-refractivity contribution in [3.8, 4) is 5.88 Å². The van der Waals surface area contributed by atoms with E-state index in [0.717, 1.165) is 36.3 Å². The van der Waals surface area contributed by atoms with Crippen LogP contribution in [0.5, 0.6) is 5.88 Å². The zero-order valence-corrected chi connectivity index (χ0v) is 10.9. The second-order valence-electron chi connectivity index (χ2n) is 3.95. The van der Waals surface area contributed by atoms with E-state index >= 15 is 0 Å². The van der Waals surface area contributed by atoms with E-state index in [-0.39, 0.29) is 0 Å². The second kappa shape index (κ2) is 6.89. The highest BCUT2D eigenvalue weighted by Crippen LogP contribution is 2.22. The van der Waals surface area contributed by atoms with Gasteiger partial charge in [-0.2, -0.15) is 0 Å². The molecule has 0 amide bonds. The molecule has 0 atom stereocenters. The summed E-state index contributed by atoms with van der Waals surface area (Å²) in [4.78, 5) is 8.41. The number of rotatable bonds is 7. The standard InChI is InChI=1S/C13H21N3O/c1-5-11-12(14-6-2)15-9-16-13(11)17-8-7-10(3)4/h9H,3,5-8H2,1-2,4H3,(H,14,15,16). The molecule has 17 heavy (non-hydrogen) atoms. The quantitative estimate of drug-likeness (QED) is 0.738. The van der Waals surface area contributed by atoms with E-state index < -0.39 is 0 Å². The molecule has 0 radical (unpaired) electrons. The lowest BCUT2D eigenvalue weighted by atomic mass is 10.2. The van der Waals surface area contributed by atoms with Crippen LogP contribution in [0.4, 0.5) is 5.82 Å². The zero-order chi connectivity index (χ0) is 12.7. The second-order valence-corrected chi connectivity index (χ2v) is 3.95. The van der Waals surface area contributed by atoms with E-state index in [2.05, 4.69) is 28.8 Å². The molecule has 0 unspecified atom stereocenters. The number of hydrogen-bond acceptors (Lipinski definition) is 4. The van der Waals surface area contributed by atoms with Gasteiger partial charge in [-0.25, -0.2) is 9.97 Å². The molecule has 1 N–H and O–H groups in total. The van der Waals surface area contributed by atoms with Gasteiger partial charge in [0.1, 0.15) is 12.1 Å². The molecule has 0 aliphatic rings. The number of nitrogens with zero attached hydrogens (tertiary/aromatic N) is 2. The average molecular weight is 235 g/mol. The van der Waals surface area contributed by atoms with Crippen LogP contribution in [0.3, 0.4) is 0 Å². The van der Waals surface area contributed by atoms with Crippen LogP contribution in [-0.2, 0) is 6.42 Å². The van der Waals surface area contributed by atoms with Crippen LogP contribution in [0, 0.1) is 0 Å². The van der Waals surface area contributed by atoms with Crippen LogP contribution in [0.15, 0.2) is 18.5 Å². The minimum absolute atomic E-state index is 0.616. The summed E-state index contributed by atoms with van der Waals surface area (Å²) in [6.07, 6.45) is 3.24. The van der Waals surface area contributed by atoms with Crippen LogP contribution in [0.25, 0.3) is 0 Å². The molecule has 1 aromatic rings. The Labute approximate surface area is 103 Å². The molecule has 0 aliphatic carbocycles. The maximum atomic E-state index is 5.67. The molecular weight excluding hydrogens is 214 g/mol. The number of anilines is 1. The lowest BCUT2D eigenvalue weighted by Crippen LogP contribution is -2.08. The molecular formula is C13H21N3O. The summed E-state index contributed by atoms with van der Waals surface area (Å²) >= 11 is 0. The van der Waals surface area contributed by atoms with E-state index in [4.69, 9.17) is 4.74 Å². The fourth-order valence-electron chi connectivity index (χ4n) is 1.48. The minimum atomic E-state index is 0.616. The lowest BCUT2D eigenvalue weighted by Gasteiger charge is -2.12. The van der Waals surface area contributed by atoms with E-state index in [9.17, 15) is 0 Å². The topological polar surface area (TPSA) is 47.0 Å². The minimum Gasteiger partial charge on any atom is -0.477 e. The molecule has 4 heteroatoms. The van der Waals surface area contributed by atoms with E-state index in [1.165, 1.54) is 6.33 Å². The van der Waals surface area contributed by atoms with E-state index in [0.29, 0.717) is 12.5 Å². The Balaban J connectivity index is 2.76. The van der Waals surface area contributed by atoms with Crippen molar-refractivity contribution in [2.45, 2.75) is 33.6 Å². The van der Waals surface area contributed by atoms with Crippen molar-refractivity contribution >= 4 is 5.82 Å². The van der Waals surface area contributed by atoms with Gasteiger partial charge in [0.05, 0.1) is 12.2 Å². The first-order valence-electron chi connectivity index (χ1n) is 6.03. The molecule has 0 aromatic carbocycles. The normalized spacial score (nSPS) is 10.1. The van der Waals surface area contributed by atoms with E-state index in [1.54, 1.807) is 0 Å². The van der Waals surface area contributed by atoms with Gasteiger partial charge in [0.25, 0.3) is 0 Å². The fourth-order valence-corrected chi connectivity index (χ4v) is 1.48. The van der Waals surface area contributed by atoms with Crippen molar-refractivity contribution in [2.75, 3.05) is 18.5 Å². The number of ether oxygens (including phenoxy) is 1. The summed E-state index contributed by atoms with van der Waals surface area (Å²) in [5, 5.41) is 3.22. The van der Waals surface area contributed by atoms with Crippen molar-refractivity contribution in [3.63, 3.8) is 0 Å². The summed E-state index contributed by atoms with van der Waals surface area (Å²) in [7, 11) is 0. The Morgan fingerprint density at radius 3 is 2.76 bits per heavy atom. The van der Waals surface area contributed by atoms with Crippen molar-refractivity contribution in [2.24, 2.45) is 0 Å². The van der Waals surface area contributed by atoms with Gasteiger partial charge in [0.2, 0.25) is 5.88 Å². The molecule has 94 valence electrons. The predicted octanol–water partition coefficient (Wildman–Crippen LogP) is 2.82. The summed E-state index contributed by atoms with van der Waals surface area (Å²) < 4.78 is 5.67. The molecule has 1 aromatic heterocycles. The largest absolute Gasteiger partial charge is 0.477 e. The summed E-state index contributed by atoms with van der Waals surface area (Å²) in [5.41, 5.74) is 2.15. The van der Waals surface area contributed by atoms with Gasteiger partial charge in [-0.15, -0.1) is 6.58 Å². The number of hydrogen-bond donors (Lipinski definition) is 1. The lowest BCUT2D eigenvalue weighted by molar-refractivity contribution is 0.305. The van der Waals surface area contributed by atoms with Crippen molar-refractivity contribution < 1.29 is 4.74 Å². The molecule has 0 saturated carbocycles. The Morgan fingerprint density at radius 1 is 1.41 bits per heavy atom. The third-order valence-corrected chi connectivity index (χ3v) is 2.37. The van der Waals surface area contributed by atoms with Crippen LogP contribution in [0.2, 0.25) is 0 Å². The van der Waals surface area contributed by atoms with Crippen LogP contribution >= 0.6 is 0 Å². The SMILES string of the molecule is C=C(C)CCOc1ncnc(NCC)c1CC. The maximum absolute atomic E-state index is 5.67. The first kappa shape index (κ1) is 13.5. The highest BCUT2D eigenvalue weighted by Gasteiger charge is 2.09. The van der Waals surface area contributed by atoms with Crippen LogP contribution in [-0.4, -0.2) is 23.1 Å². The van der Waals surface area contributed by atoms with Gasteiger partial charge in [-0.1, -0.05) is 12.5 Å².